The maximum atomic E-state index is 5.71. The third-order valence-electron chi connectivity index (χ3n) is 1.98. The third kappa shape index (κ3) is 1.51. The first-order valence-corrected chi connectivity index (χ1v) is 4.23. The van der Waals surface area contributed by atoms with E-state index in [2.05, 4.69) is 9.97 Å². The average molecular weight is 173 g/mol. The molecule has 3 nitrogen and oxygen atoms in total. The van der Waals surface area contributed by atoms with Crippen LogP contribution in [0.1, 0.15) is 18.7 Å². The SMILES string of the molecule is CC(N)c1cc2ncccc2cn1. The van der Waals surface area contributed by atoms with E-state index in [4.69, 9.17) is 5.73 Å². The molecule has 0 aliphatic carbocycles. The highest BCUT2D eigenvalue weighted by Gasteiger charge is 2.01. The number of nitrogens with zero attached hydrogens (tertiary/aromatic N) is 2. The van der Waals surface area contributed by atoms with Crippen LogP contribution in [0.4, 0.5) is 0 Å². The minimum absolute atomic E-state index is 0.0357. The van der Waals surface area contributed by atoms with Crippen molar-refractivity contribution in [2.24, 2.45) is 5.73 Å². The van der Waals surface area contributed by atoms with E-state index in [0.717, 1.165) is 16.6 Å². The van der Waals surface area contributed by atoms with Crippen molar-refractivity contribution in [1.29, 1.82) is 0 Å². The largest absolute Gasteiger partial charge is 0.323 e. The van der Waals surface area contributed by atoms with Crippen LogP contribution in [-0.2, 0) is 0 Å². The minimum atomic E-state index is -0.0357. The van der Waals surface area contributed by atoms with Gasteiger partial charge >= 0.3 is 0 Å². The summed E-state index contributed by atoms with van der Waals surface area (Å²) in [5, 5.41) is 1.05. The van der Waals surface area contributed by atoms with E-state index in [9.17, 15) is 0 Å². The summed E-state index contributed by atoms with van der Waals surface area (Å²) in [6.45, 7) is 1.91. The van der Waals surface area contributed by atoms with Gasteiger partial charge in [-0.25, -0.2) is 0 Å². The fourth-order valence-electron chi connectivity index (χ4n) is 1.23. The van der Waals surface area contributed by atoms with Gasteiger partial charge in [-0.15, -0.1) is 0 Å². The van der Waals surface area contributed by atoms with Crippen LogP contribution in [0.15, 0.2) is 30.6 Å². The predicted molar refractivity (Wildman–Crippen MR) is 52.1 cm³/mol. The Kier molecular flexibility index (Phi) is 1.94. The Bertz CT molecular complexity index is 423. The van der Waals surface area contributed by atoms with Gasteiger partial charge in [-0.2, -0.15) is 0 Å². The van der Waals surface area contributed by atoms with Gasteiger partial charge in [-0.05, 0) is 25.1 Å². The van der Waals surface area contributed by atoms with Crippen LogP contribution in [0.2, 0.25) is 0 Å². The molecule has 0 radical (unpaired) electrons. The van der Waals surface area contributed by atoms with Gasteiger partial charge in [0.15, 0.2) is 0 Å². The molecule has 2 aromatic heterocycles. The van der Waals surface area contributed by atoms with Crippen LogP contribution in [-0.4, -0.2) is 9.97 Å². The molecule has 1 unspecified atom stereocenters. The maximum Gasteiger partial charge on any atom is 0.0736 e. The molecule has 0 bridgehead atoms. The first-order valence-electron chi connectivity index (χ1n) is 4.23. The zero-order valence-corrected chi connectivity index (χ0v) is 7.44. The van der Waals surface area contributed by atoms with Crippen molar-refractivity contribution in [2.45, 2.75) is 13.0 Å². The molecule has 2 heterocycles. The summed E-state index contributed by atoms with van der Waals surface area (Å²) >= 11 is 0. The maximum absolute atomic E-state index is 5.71. The van der Waals surface area contributed by atoms with Gasteiger partial charge in [-0.1, -0.05) is 0 Å². The second-order valence-corrected chi connectivity index (χ2v) is 3.09. The number of nitrogens with two attached hydrogens (primary N) is 1. The van der Waals surface area contributed by atoms with Crippen LogP contribution in [0.5, 0.6) is 0 Å². The molecule has 2 aromatic rings. The Morgan fingerprint density at radius 3 is 3.00 bits per heavy atom. The molecule has 1 atom stereocenters. The Morgan fingerprint density at radius 2 is 2.23 bits per heavy atom. The topological polar surface area (TPSA) is 51.8 Å². The summed E-state index contributed by atoms with van der Waals surface area (Å²) in [6, 6.07) is 5.78. The fraction of sp³-hybridized carbons (Fsp3) is 0.200. The van der Waals surface area contributed by atoms with Crippen molar-refractivity contribution >= 4 is 10.9 Å². The van der Waals surface area contributed by atoms with Crippen molar-refractivity contribution in [3.63, 3.8) is 0 Å². The van der Waals surface area contributed by atoms with Gasteiger partial charge < -0.3 is 5.73 Å². The monoisotopic (exact) mass is 173 g/mol. The fourth-order valence-corrected chi connectivity index (χ4v) is 1.23. The molecule has 0 aromatic carbocycles. The summed E-state index contributed by atoms with van der Waals surface area (Å²) in [5.41, 5.74) is 7.54. The summed E-state index contributed by atoms with van der Waals surface area (Å²) in [7, 11) is 0. The van der Waals surface area contributed by atoms with Crippen LogP contribution in [0.3, 0.4) is 0 Å². The molecule has 13 heavy (non-hydrogen) atoms. The summed E-state index contributed by atoms with van der Waals surface area (Å²) in [6.07, 6.45) is 3.58. The van der Waals surface area contributed by atoms with E-state index >= 15 is 0 Å². The number of pyridine rings is 2. The molecular weight excluding hydrogens is 162 g/mol. The Hall–Kier alpha value is -1.48. The van der Waals surface area contributed by atoms with Crippen LogP contribution < -0.4 is 5.73 Å². The van der Waals surface area contributed by atoms with Crippen molar-refractivity contribution < 1.29 is 0 Å². The van der Waals surface area contributed by atoms with E-state index in [-0.39, 0.29) is 6.04 Å². The highest BCUT2D eigenvalue weighted by Crippen LogP contribution is 2.13. The molecule has 0 fully saturated rings. The molecular formula is C10H11N3. The Balaban J connectivity index is 2.62. The lowest BCUT2D eigenvalue weighted by Gasteiger charge is -2.04. The molecule has 0 saturated carbocycles. The summed E-state index contributed by atoms with van der Waals surface area (Å²) in [4.78, 5) is 8.47. The lowest BCUT2D eigenvalue weighted by molar-refractivity contribution is 0.783. The van der Waals surface area contributed by atoms with E-state index < -0.39 is 0 Å². The second-order valence-electron chi connectivity index (χ2n) is 3.09. The molecule has 0 spiro atoms. The second kappa shape index (κ2) is 3.11. The Labute approximate surface area is 76.6 Å². The van der Waals surface area contributed by atoms with Crippen molar-refractivity contribution in [3.05, 3.63) is 36.3 Å². The third-order valence-corrected chi connectivity index (χ3v) is 1.98. The van der Waals surface area contributed by atoms with E-state index in [1.54, 1.807) is 12.4 Å². The summed E-state index contributed by atoms with van der Waals surface area (Å²) in [5.74, 6) is 0. The molecule has 66 valence electrons. The zero-order valence-electron chi connectivity index (χ0n) is 7.44. The molecule has 0 aliphatic rings. The van der Waals surface area contributed by atoms with E-state index in [0.29, 0.717) is 0 Å². The molecule has 2 N–H and O–H groups in total. The van der Waals surface area contributed by atoms with Crippen LogP contribution in [0.25, 0.3) is 10.9 Å². The first-order chi connectivity index (χ1) is 6.27. The van der Waals surface area contributed by atoms with E-state index in [1.807, 2.05) is 25.1 Å². The molecule has 0 aliphatic heterocycles. The molecule has 0 amide bonds. The van der Waals surface area contributed by atoms with Gasteiger partial charge in [-0.3, -0.25) is 9.97 Å². The smallest absolute Gasteiger partial charge is 0.0736 e. The van der Waals surface area contributed by atoms with Gasteiger partial charge in [0.05, 0.1) is 11.2 Å². The number of hydrogen-bond acceptors (Lipinski definition) is 3. The van der Waals surface area contributed by atoms with Crippen molar-refractivity contribution in [2.75, 3.05) is 0 Å². The summed E-state index contributed by atoms with van der Waals surface area (Å²) < 4.78 is 0. The molecule has 0 saturated heterocycles. The lowest BCUT2D eigenvalue weighted by Crippen LogP contribution is -2.06. The molecule has 2 rings (SSSR count). The van der Waals surface area contributed by atoms with Crippen LogP contribution >= 0.6 is 0 Å². The normalized spacial score (nSPS) is 13.1. The average Bonchev–Trinajstić information content (AvgIpc) is 2.17. The van der Waals surface area contributed by atoms with Crippen molar-refractivity contribution in [1.82, 2.24) is 9.97 Å². The predicted octanol–water partition coefficient (Wildman–Crippen LogP) is 1.65. The highest BCUT2D eigenvalue weighted by atomic mass is 14.8. The lowest BCUT2D eigenvalue weighted by atomic mass is 10.2. The number of rotatable bonds is 1. The quantitative estimate of drug-likeness (QED) is 0.713. The number of aromatic nitrogens is 2. The van der Waals surface area contributed by atoms with Crippen LogP contribution in [0, 0.1) is 0 Å². The Morgan fingerprint density at radius 1 is 1.38 bits per heavy atom. The van der Waals surface area contributed by atoms with Crippen molar-refractivity contribution in [3.8, 4) is 0 Å². The van der Waals surface area contributed by atoms with Gasteiger partial charge in [0.2, 0.25) is 0 Å². The van der Waals surface area contributed by atoms with E-state index in [1.165, 1.54) is 0 Å². The zero-order chi connectivity index (χ0) is 9.26. The molecule has 3 heteroatoms. The van der Waals surface area contributed by atoms with Gasteiger partial charge in [0.25, 0.3) is 0 Å². The standard InChI is InChI=1S/C10H11N3/c1-7(11)9-5-10-8(6-13-9)3-2-4-12-10/h2-7H,11H2,1H3. The van der Waals surface area contributed by atoms with Gasteiger partial charge in [0.1, 0.15) is 0 Å². The number of fused-ring (bicyclic) bond motifs is 1. The van der Waals surface area contributed by atoms with Gasteiger partial charge in [0, 0.05) is 23.8 Å². The minimum Gasteiger partial charge on any atom is -0.323 e. The first kappa shape index (κ1) is 8.13. The number of hydrogen-bond donors (Lipinski definition) is 1. The highest BCUT2D eigenvalue weighted by molar-refractivity contribution is 5.77.